The second-order valence-electron chi connectivity index (χ2n) is 4.33. The Hall–Kier alpha value is -1.02. The molecular weight excluding hydrogens is 186 g/mol. The summed E-state index contributed by atoms with van der Waals surface area (Å²) >= 11 is 0. The highest BCUT2D eigenvalue weighted by atomic mass is 16.5. The van der Waals surface area contributed by atoms with Gasteiger partial charge in [-0.3, -0.25) is 0 Å². The van der Waals surface area contributed by atoms with Gasteiger partial charge in [-0.1, -0.05) is 25.0 Å². The topological polar surface area (TPSA) is 35.2 Å². The zero-order valence-electron chi connectivity index (χ0n) is 9.28. The average Bonchev–Trinajstić information content (AvgIpc) is 2.30. The summed E-state index contributed by atoms with van der Waals surface area (Å²) in [6, 6.07) is 8.65. The van der Waals surface area contributed by atoms with Gasteiger partial charge in [0.15, 0.2) is 0 Å². The Morgan fingerprint density at radius 3 is 2.80 bits per heavy atom. The number of hydrogen-bond acceptors (Lipinski definition) is 2. The Morgan fingerprint density at radius 1 is 1.27 bits per heavy atom. The molecule has 1 aromatic carbocycles. The van der Waals surface area contributed by atoms with Crippen molar-refractivity contribution in [3.8, 4) is 5.75 Å². The Balaban J connectivity index is 2.19. The van der Waals surface area contributed by atoms with Crippen LogP contribution in [0.15, 0.2) is 24.3 Å². The van der Waals surface area contributed by atoms with Crippen LogP contribution in [-0.2, 0) is 0 Å². The van der Waals surface area contributed by atoms with Crippen molar-refractivity contribution in [2.75, 3.05) is 7.11 Å². The van der Waals surface area contributed by atoms with Crippen LogP contribution in [0.2, 0.25) is 0 Å². The van der Waals surface area contributed by atoms with E-state index in [2.05, 4.69) is 18.2 Å². The van der Waals surface area contributed by atoms with E-state index in [1.807, 2.05) is 6.07 Å². The highest BCUT2D eigenvalue weighted by molar-refractivity contribution is 5.31. The van der Waals surface area contributed by atoms with Crippen molar-refractivity contribution in [1.82, 2.24) is 0 Å². The van der Waals surface area contributed by atoms with Crippen LogP contribution in [0, 0.1) is 0 Å². The van der Waals surface area contributed by atoms with Gasteiger partial charge in [-0.2, -0.15) is 0 Å². The predicted octanol–water partition coefficient (Wildman–Crippen LogP) is 2.68. The fourth-order valence-corrected chi connectivity index (χ4v) is 2.45. The van der Waals surface area contributed by atoms with E-state index in [-0.39, 0.29) is 0 Å². The minimum absolute atomic E-state index is 0.325. The first kappa shape index (κ1) is 10.5. The summed E-state index contributed by atoms with van der Waals surface area (Å²) in [5.74, 6) is 1.46. The summed E-state index contributed by atoms with van der Waals surface area (Å²) in [6.45, 7) is 0. The third kappa shape index (κ3) is 2.32. The molecule has 0 aliphatic heterocycles. The quantitative estimate of drug-likeness (QED) is 0.805. The molecule has 1 aliphatic carbocycles. The molecule has 15 heavy (non-hydrogen) atoms. The minimum atomic E-state index is 0.325. The normalized spacial score (nSPS) is 26.3. The van der Waals surface area contributed by atoms with Gasteiger partial charge in [0.2, 0.25) is 0 Å². The van der Waals surface area contributed by atoms with Gasteiger partial charge in [-0.05, 0) is 36.5 Å². The smallest absolute Gasteiger partial charge is 0.119 e. The molecule has 0 amide bonds. The van der Waals surface area contributed by atoms with Gasteiger partial charge in [-0.15, -0.1) is 0 Å². The Bertz CT molecular complexity index is 324. The van der Waals surface area contributed by atoms with Crippen molar-refractivity contribution >= 4 is 0 Å². The maximum atomic E-state index is 6.16. The van der Waals surface area contributed by atoms with E-state index in [1.165, 1.54) is 24.8 Å². The molecule has 82 valence electrons. The molecule has 0 saturated heterocycles. The molecule has 0 radical (unpaired) electrons. The predicted molar refractivity (Wildman–Crippen MR) is 62.2 cm³/mol. The molecule has 1 aromatic rings. The third-order valence-corrected chi connectivity index (χ3v) is 3.34. The van der Waals surface area contributed by atoms with E-state index < -0.39 is 0 Å². The minimum Gasteiger partial charge on any atom is -0.497 e. The lowest BCUT2D eigenvalue weighted by molar-refractivity contribution is 0.381. The molecule has 1 saturated carbocycles. The monoisotopic (exact) mass is 205 g/mol. The van der Waals surface area contributed by atoms with Crippen molar-refractivity contribution in [1.29, 1.82) is 0 Å². The second kappa shape index (κ2) is 4.67. The summed E-state index contributed by atoms with van der Waals surface area (Å²) in [7, 11) is 1.71. The van der Waals surface area contributed by atoms with E-state index in [9.17, 15) is 0 Å². The van der Waals surface area contributed by atoms with Crippen LogP contribution in [0.1, 0.15) is 37.2 Å². The molecule has 2 nitrogen and oxygen atoms in total. The lowest BCUT2D eigenvalue weighted by Gasteiger charge is -2.29. The summed E-state index contributed by atoms with van der Waals surface area (Å²) in [4.78, 5) is 0. The first-order valence-corrected chi connectivity index (χ1v) is 5.71. The number of ether oxygens (including phenoxy) is 1. The fourth-order valence-electron chi connectivity index (χ4n) is 2.45. The zero-order valence-corrected chi connectivity index (χ0v) is 9.28. The van der Waals surface area contributed by atoms with Crippen LogP contribution in [0.25, 0.3) is 0 Å². The van der Waals surface area contributed by atoms with E-state index in [1.54, 1.807) is 7.11 Å². The van der Waals surface area contributed by atoms with Gasteiger partial charge in [0.05, 0.1) is 7.11 Å². The summed E-state index contributed by atoms with van der Waals surface area (Å²) in [6.07, 6.45) is 4.95. The maximum Gasteiger partial charge on any atom is 0.119 e. The maximum absolute atomic E-state index is 6.16. The van der Waals surface area contributed by atoms with Crippen LogP contribution >= 0.6 is 0 Å². The van der Waals surface area contributed by atoms with Crippen molar-refractivity contribution in [3.63, 3.8) is 0 Å². The number of hydrogen-bond donors (Lipinski definition) is 1. The first-order chi connectivity index (χ1) is 7.31. The lowest BCUT2D eigenvalue weighted by atomic mass is 9.80. The van der Waals surface area contributed by atoms with Gasteiger partial charge in [0, 0.05) is 6.04 Å². The molecule has 2 atom stereocenters. The molecule has 0 spiro atoms. The van der Waals surface area contributed by atoms with Gasteiger partial charge < -0.3 is 10.5 Å². The molecule has 1 fully saturated rings. The molecule has 2 heteroatoms. The number of nitrogens with two attached hydrogens (primary N) is 1. The van der Waals surface area contributed by atoms with Crippen LogP contribution in [0.3, 0.4) is 0 Å². The van der Waals surface area contributed by atoms with E-state index in [4.69, 9.17) is 10.5 Å². The highest BCUT2D eigenvalue weighted by Crippen LogP contribution is 2.33. The number of benzene rings is 1. The Labute approximate surface area is 91.4 Å². The van der Waals surface area contributed by atoms with Gasteiger partial charge >= 0.3 is 0 Å². The summed E-state index contributed by atoms with van der Waals surface area (Å²) in [5, 5.41) is 0. The molecule has 0 unspecified atom stereocenters. The van der Waals surface area contributed by atoms with Gasteiger partial charge in [0.25, 0.3) is 0 Å². The lowest BCUT2D eigenvalue weighted by Crippen LogP contribution is -2.31. The largest absolute Gasteiger partial charge is 0.497 e. The van der Waals surface area contributed by atoms with E-state index in [0.717, 1.165) is 12.2 Å². The molecule has 0 heterocycles. The van der Waals surface area contributed by atoms with Gasteiger partial charge in [-0.25, -0.2) is 0 Å². The molecule has 0 bridgehead atoms. The van der Waals surface area contributed by atoms with Crippen molar-refractivity contribution < 1.29 is 4.74 Å². The summed E-state index contributed by atoms with van der Waals surface area (Å²) in [5.41, 5.74) is 7.50. The Kier molecular flexibility index (Phi) is 3.27. The van der Waals surface area contributed by atoms with Crippen LogP contribution in [0.5, 0.6) is 5.75 Å². The molecule has 2 N–H and O–H groups in total. The van der Waals surface area contributed by atoms with E-state index in [0.29, 0.717) is 12.0 Å². The van der Waals surface area contributed by atoms with E-state index >= 15 is 0 Å². The van der Waals surface area contributed by atoms with Crippen molar-refractivity contribution in [3.05, 3.63) is 29.8 Å². The first-order valence-electron chi connectivity index (χ1n) is 5.71. The van der Waals surface area contributed by atoms with Crippen molar-refractivity contribution in [2.24, 2.45) is 5.73 Å². The number of methoxy groups -OCH3 is 1. The summed E-state index contributed by atoms with van der Waals surface area (Å²) < 4.78 is 5.24. The standard InChI is InChI=1S/C13H19NO/c1-15-11-6-4-5-10(9-11)12-7-2-3-8-13(12)14/h4-6,9,12-13H,2-3,7-8,14H2,1H3/t12-,13+/m0/s1. The fraction of sp³-hybridized carbons (Fsp3) is 0.538. The number of rotatable bonds is 2. The highest BCUT2D eigenvalue weighted by Gasteiger charge is 2.23. The average molecular weight is 205 g/mol. The van der Waals surface area contributed by atoms with Crippen LogP contribution in [-0.4, -0.2) is 13.2 Å². The third-order valence-electron chi connectivity index (χ3n) is 3.34. The van der Waals surface area contributed by atoms with Crippen LogP contribution in [0.4, 0.5) is 0 Å². The SMILES string of the molecule is COc1cccc([C@@H]2CCCC[C@H]2N)c1. The molecular formula is C13H19NO. The zero-order chi connectivity index (χ0) is 10.7. The molecule has 0 aromatic heterocycles. The van der Waals surface area contributed by atoms with Crippen molar-refractivity contribution in [2.45, 2.75) is 37.6 Å². The molecule has 2 rings (SSSR count). The van der Waals surface area contributed by atoms with Gasteiger partial charge in [0.1, 0.15) is 5.75 Å². The van der Waals surface area contributed by atoms with Crippen LogP contribution < -0.4 is 10.5 Å². The second-order valence-corrected chi connectivity index (χ2v) is 4.33. The molecule has 1 aliphatic rings. The Morgan fingerprint density at radius 2 is 2.07 bits per heavy atom.